The van der Waals surface area contributed by atoms with Gasteiger partial charge in [0.05, 0.1) is 18.5 Å². The summed E-state index contributed by atoms with van der Waals surface area (Å²) in [6.07, 6.45) is -3.90. The number of alkyl carbamates (subject to hydrolysis) is 1. The third-order valence-corrected chi connectivity index (χ3v) is 9.83. The number of nitrogens with one attached hydrogen (secondary N) is 2. The van der Waals surface area contributed by atoms with E-state index in [9.17, 15) is 37.2 Å². The van der Waals surface area contributed by atoms with Crippen molar-refractivity contribution in [2.45, 2.75) is 131 Å². The molecule has 0 saturated carbocycles. The summed E-state index contributed by atoms with van der Waals surface area (Å²) in [4.78, 5) is 82.1. The number of rotatable bonds is 13. The molecule has 66 heavy (non-hydrogen) atoms. The van der Waals surface area contributed by atoms with Gasteiger partial charge < -0.3 is 33.7 Å². The van der Waals surface area contributed by atoms with E-state index in [-0.39, 0.29) is 29.4 Å². The molecule has 20 heteroatoms. The number of esters is 3. The number of anilines is 1. The first-order chi connectivity index (χ1) is 30.3. The Hall–Kier alpha value is -6.54. The molecule has 19 nitrogen and oxygen atoms in total. The van der Waals surface area contributed by atoms with Crippen LogP contribution in [0.25, 0.3) is 0 Å². The van der Waals surface area contributed by atoms with E-state index in [1.165, 1.54) is 48.5 Å². The maximum atomic E-state index is 14.4. The fraction of sp³-hybridized carbons (Fsp3) is 0.457. The molecule has 3 rings (SSSR count). The monoisotopic (exact) mass is 939 g/mol. The van der Waals surface area contributed by atoms with Crippen LogP contribution in [0, 0.1) is 0 Å². The average molecular weight is 940 g/mol. The highest BCUT2D eigenvalue weighted by molar-refractivity contribution is 7.87. The summed E-state index contributed by atoms with van der Waals surface area (Å²) in [7, 11) is -3.92. The van der Waals surface area contributed by atoms with Gasteiger partial charge >= 0.3 is 46.4 Å². The van der Waals surface area contributed by atoms with Gasteiger partial charge in [0, 0.05) is 12.7 Å². The summed E-state index contributed by atoms with van der Waals surface area (Å²) < 4.78 is 62.1. The van der Waals surface area contributed by atoms with Gasteiger partial charge in [0.25, 0.3) is 0 Å². The third kappa shape index (κ3) is 18.9. The van der Waals surface area contributed by atoms with E-state index in [4.69, 9.17) is 28.4 Å². The Kier molecular flexibility index (Phi) is 18.0. The van der Waals surface area contributed by atoms with E-state index >= 15 is 0 Å². The van der Waals surface area contributed by atoms with Crippen molar-refractivity contribution in [3.05, 3.63) is 95.6 Å². The molecule has 0 aliphatic heterocycles. The minimum atomic E-state index is -4.96. The first-order valence-corrected chi connectivity index (χ1v) is 22.1. The Morgan fingerprint density at radius 2 is 1.21 bits per heavy atom. The van der Waals surface area contributed by atoms with Gasteiger partial charge in [0.15, 0.2) is 0 Å². The second-order valence-corrected chi connectivity index (χ2v) is 20.6. The van der Waals surface area contributed by atoms with Crippen molar-refractivity contribution < 1.29 is 65.6 Å². The lowest BCUT2D eigenvalue weighted by molar-refractivity contribution is -0.166. The topological polar surface area (TPSA) is 235 Å². The molecule has 0 spiro atoms. The number of guanidine groups is 1. The van der Waals surface area contributed by atoms with Crippen LogP contribution in [0.15, 0.2) is 83.9 Å². The predicted molar refractivity (Wildman–Crippen MR) is 243 cm³/mol. The molecule has 0 radical (unpaired) electrons. The maximum Gasteiger partial charge on any atom is 0.437 e. The average Bonchev–Trinajstić information content (AvgIpc) is 3.16. The smallest absolute Gasteiger partial charge is 0.437 e. The zero-order chi connectivity index (χ0) is 49.8. The molecule has 3 aromatic rings. The molecule has 0 fully saturated rings. The summed E-state index contributed by atoms with van der Waals surface area (Å²) in [5.41, 5.74) is -2.53. The first kappa shape index (κ1) is 53.8. The Labute approximate surface area is 386 Å². The molecule has 0 aliphatic rings. The van der Waals surface area contributed by atoms with Gasteiger partial charge in [-0.25, -0.2) is 19.2 Å². The number of carbonyl (C=O) groups is 6. The molecule has 2 N–H and O–H groups in total. The van der Waals surface area contributed by atoms with Crippen molar-refractivity contribution in [1.82, 2.24) is 13.9 Å². The van der Waals surface area contributed by atoms with Gasteiger partial charge in [0.1, 0.15) is 40.8 Å². The summed E-state index contributed by atoms with van der Waals surface area (Å²) in [6.45, 7) is 18.6. The molecule has 0 saturated heterocycles. The Bertz CT molecular complexity index is 2330. The van der Waals surface area contributed by atoms with E-state index in [1.54, 1.807) is 113 Å². The van der Waals surface area contributed by atoms with Crippen LogP contribution < -0.4 is 15.4 Å². The molecular formula is C46H61N5O14S. The number of hydrogen-bond acceptors (Lipinski definition) is 14. The van der Waals surface area contributed by atoms with Crippen molar-refractivity contribution in [1.29, 1.82) is 0 Å². The molecule has 3 aromatic carbocycles. The minimum Gasteiger partial charge on any atom is -0.460 e. The highest BCUT2D eigenvalue weighted by Gasteiger charge is 2.42. The number of benzene rings is 3. The molecule has 0 aromatic heterocycles. The van der Waals surface area contributed by atoms with Gasteiger partial charge in [-0.05, 0) is 131 Å². The highest BCUT2D eigenvalue weighted by atomic mass is 32.2. The number of aliphatic imine (C=N–C) groups is 1. The molecule has 360 valence electrons. The molecule has 0 heterocycles. The summed E-state index contributed by atoms with van der Waals surface area (Å²) in [6, 6.07) is 18.1. The number of carbonyl (C=O) groups excluding carboxylic acids is 6. The molecule has 0 bridgehead atoms. The van der Waals surface area contributed by atoms with Crippen molar-refractivity contribution in [2.24, 2.45) is 4.99 Å². The number of hydrogen-bond donors (Lipinski definition) is 2. The zero-order valence-electron chi connectivity index (χ0n) is 39.7. The van der Waals surface area contributed by atoms with Crippen LogP contribution in [-0.4, -0.2) is 94.7 Å². The number of ether oxygens (including phenoxy) is 6. The lowest BCUT2D eigenvalue weighted by Gasteiger charge is -2.33. The van der Waals surface area contributed by atoms with Gasteiger partial charge in [-0.3, -0.25) is 14.9 Å². The van der Waals surface area contributed by atoms with Crippen LogP contribution >= 0.6 is 0 Å². The number of nitrogens with zero attached hydrogens (tertiary/aromatic N) is 3. The zero-order valence-corrected chi connectivity index (χ0v) is 40.5. The lowest BCUT2D eigenvalue weighted by Crippen LogP contribution is -2.53. The van der Waals surface area contributed by atoms with Crippen LogP contribution in [-0.2, 0) is 56.6 Å². The molecular weight excluding hydrogens is 879 g/mol. The highest BCUT2D eigenvalue weighted by Crippen LogP contribution is 2.24. The van der Waals surface area contributed by atoms with Gasteiger partial charge in [0.2, 0.25) is 5.96 Å². The molecule has 1 atom stereocenters. The van der Waals surface area contributed by atoms with Crippen molar-refractivity contribution >= 4 is 58.0 Å². The van der Waals surface area contributed by atoms with E-state index in [1.807, 2.05) is 0 Å². The summed E-state index contributed by atoms with van der Waals surface area (Å²) in [5.74, 6) is -2.97. The second-order valence-electron chi connectivity index (χ2n) is 18.7. The largest absolute Gasteiger partial charge is 0.460 e. The van der Waals surface area contributed by atoms with Crippen LogP contribution in [0.1, 0.15) is 111 Å². The minimum absolute atomic E-state index is 0.0554. The SMILES string of the molecule is CN(C(CC(=O)OC(C)(C)C)C(=O)OC(C)(C)C)S(=O)(=O)N(Cc1ccc(OC(=O)c2ccc(NC(=NC(=O)OC(C)(C)C)NC(=O)OC(C)(C)C)cc2)cc1)C(=O)OCc1ccccc1. The molecule has 3 amide bonds. The lowest BCUT2D eigenvalue weighted by atomic mass is 10.1. The van der Waals surface area contributed by atoms with Gasteiger partial charge in [-0.15, -0.1) is 4.99 Å². The van der Waals surface area contributed by atoms with Crippen molar-refractivity contribution in [3.8, 4) is 5.75 Å². The maximum absolute atomic E-state index is 14.4. The third-order valence-electron chi connectivity index (χ3n) is 8.01. The summed E-state index contributed by atoms with van der Waals surface area (Å²) >= 11 is 0. The van der Waals surface area contributed by atoms with E-state index < -0.39 is 87.8 Å². The Balaban J connectivity index is 1.86. The fourth-order valence-corrected chi connectivity index (χ4v) is 6.65. The predicted octanol–water partition coefficient (Wildman–Crippen LogP) is 7.89. The van der Waals surface area contributed by atoms with Crippen LogP contribution in [0.3, 0.4) is 0 Å². The summed E-state index contributed by atoms with van der Waals surface area (Å²) in [5, 5.41) is 5.16. The van der Waals surface area contributed by atoms with E-state index in [0.29, 0.717) is 19.9 Å². The second kappa shape index (κ2) is 22.1. The van der Waals surface area contributed by atoms with Crippen LogP contribution in [0.4, 0.5) is 20.1 Å². The van der Waals surface area contributed by atoms with Crippen LogP contribution in [0.2, 0.25) is 0 Å². The van der Waals surface area contributed by atoms with E-state index in [2.05, 4.69) is 15.6 Å². The Morgan fingerprint density at radius 1 is 0.667 bits per heavy atom. The molecule has 1 unspecified atom stereocenters. The van der Waals surface area contributed by atoms with Crippen LogP contribution in [0.5, 0.6) is 5.75 Å². The first-order valence-electron chi connectivity index (χ1n) is 20.7. The van der Waals surface area contributed by atoms with Crippen molar-refractivity contribution in [2.75, 3.05) is 12.4 Å². The standard InChI is InChI=1S/C46H61N5O14S/c1-43(2,3)62-36(52)27-35(38(54)63-44(4,5)6)50(13)66(58,59)51(42(57)60-29-31-17-15-14-16-18-31)28-30-19-25-34(26-20-30)61-37(53)32-21-23-33(24-22-32)47-39(48-40(55)64-45(7,8)9)49-41(56)65-46(10,11)12/h14-26,35H,27-29H2,1-13H3,(H2,47,48,49,55,56). The fourth-order valence-electron chi connectivity index (χ4n) is 5.30. The number of likely N-dealkylation sites (N-methyl/N-ethyl adjacent to an activating group) is 1. The quantitative estimate of drug-likeness (QED) is 0.0545. The van der Waals surface area contributed by atoms with E-state index in [0.717, 1.165) is 7.05 Å². The van der Waals surface area contributed by atoms with Gasteiger partial charge in [-0.2, -0.15) is 17.0 Å². The normalized spacial score (nSPS) is 12.8. The van der Waals surface area contributed by atoms with Crippen molar-refractivity contribution in [3.63, 3.8) is 0 Å². The molecule has 0 aliphatic carbocycles. The van der Waals surface area contributed by atoms with Gasteiger partial charge in [-0.1, -0.05) is 42.5 Å². The Morgan fingerprint density at radius 3 is 1.74 bits per heavy atom. The number of amides is 3.